The molecule has 9 heteroatoms. The van der Waals surface area contributed by atoms with E-state index < -0.39 is 0 Å². The highest BCUT2D eigenvalue weighted by Crippen LogP contribution is 2.29. The Morgan fingerprint density at radius 2 is 1.97 bits per heavy atom. The van der Waals surface area contributed by atoms with Crippen LogP contribution in [0.4, 0.5) is 23.1 Å². The zero-order chi connectivity index (χ0) is 20.5. The molecular formula is C20H27ClN8. The minimum absolute atomic E-state index is 0.0993. The molecule has 2 heterocycles. The molecule has 1 aromatic carbocycles. The summed E-state index contributed by atoms with van der Waals surface area (Å²) in [5.41, 5.74) is 15.0. The zero-order valence-corrected chi connectivity index (χ0v) is 17.4. The van der Waals surface area contributed by atoms with Gasteiger partial charge in [-0.25, -0.2) is 4.98 Å². The van der Waals surface area contributed by atoms with Crippen LogP contribution in [0.5, 0.6) is 0 Å². The molecule has 154 valence electrons. The summed E-state index contributed by atoms with van der Waals surface area (Å²) in [6, 6.07) is 5.79. The smallest absolute Gasteiger partial charge is 0.227 e. The normalized spacial score (nSPS) is 19.6. The molecule has 0 amide bonds. The summed E-state index contributed by atoms with van der Waals surface area (Å²) in [5, 5.41) is 7.31. The van der Waals surface area contributed by atoms with Gasteiger partial charge in [-0.2, -0.15) is 9.97 Å². The topological polar surface area (TPSA) is 120 Å². The molecule has 2 atom stereocenters. The van der Waals surface area contributed by atoms with Gasteiger partial charge < -0.3 is 26.7 Å². The molecule has 0 spiro atoms. The summed E-state index contributed by atoms with van der Waals surface area (Å²) in [5.74, 6) is 1.14. The van der Waals surface area contributed by atoms with Crippen LogP contribution in [0.3, 0.4) is 0 Å². The molecule has 2 aromatic heterocycles. The van der Waals surface area contributed by atoms with Crippen LogP contribution >= 0.6 is 11.6 Å². The Balaban J connectivity index is 1.75. The van der Waals surface area contributed by atoms with Gasteiger partial charge in [-0.15, -0.1) is 0 Å². The lowest BCUT2D eigenvalue weighted by Gasteiger charge is -2.29. The number of anilines is 4. The number of hydrogen-bond donors (Lipinski definition) is 4. The summed E-state index contributed by atoms with van der Waals surface area (Å²) in [6.45, 7) is 4.19. The fourth-order valence-electron chi connectivity index (χ4n) is 3.77. The third kappa shape index (κ3) is 4.23. The third-order valence-corrected chi connectivity index (χ3v) is 5.51. The van der Waals surface area contributed by atoms with Crippen LogP contribution in [-0.2, 0) is 0 Å². The van der Waals surface area contributed by atoms with E-state index in [9.17, 15) is 0 Å². The van der Waals surface area contributed by atoms with Gasteiger partial charge in [0.2, 0.25) is 5.95 Å². The van der Waals surface area contributed by atoms with Crippen molar-refractivity contribution in [3.63, 3.8) is 0 Å². The number of hydrogen-bond acceptors (Lipinski definition) is 7. The number of halogens is 1. The van der Waals surface area contributed by atoms with Crippen molar-refractivity contribution >= 4 is 45.9 Å². The van der Waals surface area contributed by atoms with Crippen LogP contribution in [0.2, 0.25) is 5.02 Å². The van der Waals surface area contributed by atoms with Gasteiger partial charge in [0.15, 0.2) is 17.0 Å². The predicted octanol–water partition coefficient (Wildman–Crippen LogP) is 4.07. The molecule has 1 saturated carbocycles. The van der Waals surface area contributed by atoms with Crippen LogP contribution in [0.1, 0.15) is 45.6 Å². The van der Waals surface area contributed by atoms with E-state index in [0.717, 1.165) is 30.6 Å². The number of nitrogens with one attached hydrogen (secondary N) is 2. The van der Waals surface area contributed by atoms with Gasteiger partial charge in [-0.1, -0.05) is 24.4 Å². The number of imidazole rings is 1. The fourth-order valence-corrected chi connectivity index (χ4v) is 4.02. The minimum atomic E-state index is 0.0993. The van der Waals surface area contributed by atoms with Crippen LogP contribution in [0, 0.1) is 0 Å². The number of nitrogens with two attached hydrogens (primary N) is 2. The Hall–Kier alpha value is -2.58. The number of nitrogen functional groups attached to an aromatic ring is 1. The van der Waals surface area contributed by atoms with Gasteiger partial charge in [0.25, 0.3) is 0 Å². The van der Waals surface area contributed by atoms with Gasteiger partial charge in [0, 0.05) is 34.5 Å². The predicted molar refractivity (Wildman–Crippen MR) is 119 cm³/mol. The summed E-state index contributed by atoms with van der Waals surface area (Å²) in [6.07, 6.45) is 6.14. The fraction of sp³-hybridized carbons (Fsp3) is 0.450. The van der Waals surface area contributed by atoms with Crippen molar-refractivity contribution < 1.29 is 0 Å². The van der Waals surface area contributed by atoms with E-state index in [1.165, 1.54) is 6.42 Å². The molecule has 6 N–H and O–H groups in total. The number of nitrogens with zero attached hydrogens (tertiary/aromatic N) is 4. The van der Waals surface area contributed by atoms with Crippen LogP contribution in [0.15, 0.2) is 24.5 Å². The van der Waals surface area contributed by atoms with Crippen molar-refractivity contribution in [2.75, 3.05) is 16.4 Å². The second-order valence-corrected chi connectivity index (χ2v) is 8.35. The van der Waals surface area contributed by atoms with Crippen molar-refractivity contribution in [3.8, 4) is 0 Å². The van der Waals surface area contributed by atoms with E-state index in [1.54, 1.807) is 18.5 Å². The standard InChI is InChI=1S/C20H27ClN8/c1-11(2)29-10-24-17-18(25-14-8-12(21)7-13(22)9-14)27-20(28-19(17)29)26-16-6-4-3-5-15(16)23/h7-11,15-16H,3-6,22-23H2,1-2H3,(H2,25,26,27,28). The number of rotatable bonds is 5. The molecule has 3 aromatic rings. The highest BCUT2D eigenvalue weighted by atomic mass is 35.5. The number of benzene rings is 1. The van der Waals surface area contributed by atoms with E-state index in [-0.39, 0.29) is 18.1 Å². The van der Waals surface area contributed by atoms with Crippen molar-refractivity contribution in [1.29, 1.82) is 0 Å². The Bertz CT molecular complexity index is 995. The Labute approximate surface area is 175 Å². The van der Waals surface area contributed by atoms with Crippen LogP contribution in [-0.4, -0.2) is 31.6 Å². The Morgan fingerprint density at radius 1 is 1.17 bits per heavy atom. The second kappa shape index (κ2) is 8.04. The minimum Gasteiger partial charge on any atom is -0.399 e. The first kappa shape index (κ1) is 19.7. The molecule has 8 nitrogen and oxygen atoms in total. The molecule has 2 unspecified atom stereocenters. The SMILES string of the molecule is CC(C)n1cnc2c(Nc3cc(N)cc(Cl)c3)nc(NC3CCCCC3N)nc21. The number of aromatic nitrogens is 4. The molecule has 4 rings (SSSR count). The lowest BCUT2D eigenvalue weighted by Crippen LogP contribution is -2.43. The first-order valence-electron chi connectivity index (χ1n) is 10.0. The van der Waals surface area contributed by atoms with Crippen molar-refractivity contribution in [3.05, 3.63) is 29.5 Å². The second-order valence-electron chi connectivity index (χ2n) is 7.91. The summed E-state index contributed by atoms with van der Waals surface area (Å²) in [7, 11) is 0. The molecule has 0 bridgehead atoms. The largest absolute Gasteiger partial charge is 0.399 e. The van der Waals surface area contributed by atoms with Gasteiger partial charge in [0.1, 0.15) is 0 Å². The maximum atomic E-state index is 6.31. The van der Waals surface area contributed by atoms with Crippen molar-refractivity contribution in [1.82, 2.24) is 19.5 Å². The Morgan fingerprint density at radius 3 is 2.69 bits per heavy atom. The Kier molecular flexibility index (Phi) is 5.47. The monoisotopic (exact) mass is 414 g/mol. The van der Waals surface area contributed by atoms with Gasteiger partial charge in [-0.05, 0) is 44.9 Å². The highest BCUT2D eigenvalue weighted by molar-refractivity contribution is 6.31. The lowest BCUT2D eigenvalue weighted by molar-refractivity contribution is 0.402. The van der Waals surface area contributed by atoms with E-state index in [0.29, 0.717) is 28.0 Å². The molecule has 1 aliphatic rings. The zero-order valence-electron chi connectivity index (χ0n) is 16.7. The highest BCUT2D eigenvalue weighted by Gasteiger charge is 2.23. The molecular weight excluding hydrogens is 388 g/mol. The van der Waals surface area contributed by atoms with Crippen molar-refractivity contribution in [2.24, 2.45) is 5.73 Å². The third-order valence-electron chi connectivity index (χ3n) is 5.29. The summed E-state index contributed by atoms with van der Waals surface area (Å²) >= 11 is 6.16. The summed E-state index contributed by atoms with van der Waals surface area (Å²) < 4.78 is 2.03. The summed E-state index contributed by atoms with van der Waals surface area (Å²) in [4.78, 5) is 14.0. The average molecular weight is 415 g/mol. The first-order chi connectivity index (χ1) is 13.9. The van der Waals surface area contributed by atoms with Gasteiger partial charge in [0.05, 0.1) is 6.33 Å². The maximum Gasteiger partial charge on any atom is 0.227 e. The first-order valence-corrected chi connectivity index (χ1v) is 10.4. The van der Waals surface area contributed by atoms with Gasteiger partial charge >= 0.3 is 0 Å². The molecule has 1 fully saturated rings. The van der Waals surface area contributed by atoms with E-state index >= 15 is 0 Å². The average Bonchev–Trinajstić information content (AvgIpc) is 3.07. The molecule has 0 saturated heterocycles. The molecule has 29 heavy (non-hydrogen) atoms. The van der Waals surface area contributed by atoms with E-state index in [4.69, 9.17) is 33.0 Å². The lowest BCUT2D eigenvalue weighted by atomic mass is 9.91. The van der Waals surface area contributed by atoms with Crippen LogP contribution < -0.4 is 22.1 Å². The van der Waals surface area contributed by atoms with Crippen molar-refractivity contribution in [2.45, 2.75) is 57.7 Å². The molecule has 0 radical (unpaired) electrons. The van der Waals surface area contributed by atoms with E-state index in [2.05, 4.69) is 29.5 Å². The molecule has 1 aliphatic carbocycles. The van der Waals surface area contributed by atoms with E-state index in [1.807, 2.05) is 10.6 Å². The van der Waals surface area contributed by atoms with Crippen LogP contribution in [0.25, 0.3) is 11.2 Å². The van der Waals surface area contributed by atoms with Gasteiger partial charge in [-0.3, -0.25) is 0 Å². The quantitative estimate of drug-likeness (QED) is 0.464. The molecule has 0 aliphatic heterocycles. The maximum absolute atomic E-state index is 6.31. The number of fused-ring (bicyclic) bond motifs is 1.